The second-order valence-corrected chi connectivity index (χ2v) is 5.21. The average molecular weight is 318 g/mol. The van der Waals surface area contributed by atoms with Crippen LogP contribution in [0, 0.1) is 5.82 Å². The molecule has 0 radical (unpaired) electrons. The van der Waals surface area contributed by atoms with Crippen molar-refractivity contribution in [2.75, 3.05) is 12.4 Å². The van der Waals surface area contributed by atoms with Crippen molar-refractivity contribution in [3.8, 4) is 17.0 Å². The number of hydrogen-bond acceptors (Lipinski definition) is 5. The van der Waals surface area contributed by atoms with Crippen LogP contribution in [0.5, 0.6) is 5.75 Å². The number of amides is 1. The van der Waals surface area contributed by atoms with Gasteiger partial charge in [-0.2, -0.15) is 0 Å². The Morgan fingerprint density at radius 1 is 1.41 bits per heavy atom. The number of benzene rings is 1. The van der Waals surface area contributed by atoms with Crippen molar-refractivity contribution in [1.82, 2.24) is 4.98 Å². The van der Waals surface area contributed by atoms with Crippen molar-refractivity contribution in [2.24, 2.45) is 0 Å². The van der Waals surface area contributed by atoms with Gasteiger partial charge in [0.25, 0.3) is 5.91 Å². The molecular formula is C15H11FN2O3S. The van der Waals surface area contributed by atoms with Crippen LogP contribution in [-0.2, 0) is 0 Å². The van der Waals surface area contributed by atoms with Gasteiger partial charge in [0.05, 0.1) is 24.6 Å². The number of nitrogens with one attached hydrogen (secondary N) is 1. The minimum Gasteiger partial charge on any atom is -0.496 e. The van der Waals surface area contributed by atoms with Crippen molar-refractivity contribution in [1.29, 1.82) is 0 Å². The smallest absolute Gasteiger partial charge is 0.260 e. The van der Waals surface area contributed by atoms with Crippen molar-refractivity contribution in [2.45, 2.75) is 0 Å². The number of anilines is 1. The lowest BCUT2D eigenvalue weighted by atomic mass is 10.1. The maximum absolute atomic E-state index is 13.4. The molecule has 0 aliphatic carbocycles. The molecule has 0 aliphatic heterocycles. The van der Waals surface area contributed by atoms with Crippen molar-refractivity contribution in [3.63, 3.8) is 0 Å². The highest BCUT2D eigenvalue weighted by Crippen LogP contribution is 2.32. The molecule has 3 rings (SSSR count). The molecular weight excluding hydrogens is 307 g/mol. The van der Waals surface area contributed by atoms with Crippen LogP contribution < -0.4 is 10.1 Å². The molecule has 1 N–H and O–H groups in total. The third kappa shape index (κ3) is 2.84. The zero-order valence-corrected chi connectivity index (χ0v) is 12.3. The number of halogens is 1. The van der Waals surface area contributed by atoms with Gasteiger partial charge in [-0.3, -0.25) is 10.1 Å². The van der Waals surface area contributed by atoms with E-state index in [1.54, 1.807) is 11.4 Å². The molecule has 2 aromatic heterocycles. The Bertz CT molecular complexity index is 799. The highest BCUT2D eigenvalue weighted by Gasteiger charge is 2.14. The zero-order valence-electron chi connectivity index (χ0n) is 11.5. The van der Waals surface area contributed by atoms with Crippen LogP contribution in [0.3, 0.4) is 0 Å². The van der Waals surface area contributed by atoms with Crippen molar-refractivity contribution >= 4 is 22.4 Å². The largest absolute Gasteiger partial charge is 0.496 e. The third-order valence-corrected chi connectivity index (χ3v) is 3.70. The van der Waals surface area contributed by atoms with E-state index >= 15 is 0 Å². The predicted octanol–water partition coefficient (Wildman–Crippen LogP) is 3.80. The molecule has 3 aromatic rings. The van der Waals surface area contributed by atoms with Crippen LogP contribution in [0.4, 0.5) is 9.52 Å². The van der Waals surface area contributed by atoms with E-state index in [4.69, 9.17) is 9.15 Å². The van der Waals surface area contributed by atoms with Gasteiger partial charge in [-0.25, -0.2) is 9.37 Å². The number of thiazole rings is 1. The summed E-state index contributed by atoms with van der Waals surface area (Å²) in [4.78, 5) is 16.2. The number of carbonyl (C=O) groups is 1. The van der Waals surface area contributed by atoms with E-state index in [-0.39, 0.29) is 11.7 Å². The van der Waals surface area contributed by atoms with E-state index in [1.807, 2.05) is 0 Å². The highest BCUT2D eigenvalue weighted by molar-refractivity contribution is 7.14. The first-order valence-corrected chi connectivity index (χ1v) is 7.18. The van der Waals surface area contributed by atoms with Gasteiger partial charge in [-0.15, -0.1) is 11.3 Å². The lowest BCUT2D eigenvalue weighted by molar-refractivity contribution is 0.102. The monoisotopic (exact) mass is 318 g/mol. The number of aromatic nitrogens is 1. The Kier molecular flexibility index (Phi) is 3.88. The Balaban J connectivity index is 1.85. The highest BCUT2D eigenvalue weighted by atomic mass is 32.1. The third-order valence-electron chi connectivity index (χ3n) is 2.95. The van der Waals surface area contributed by atoms with Crippen LogP contribution in [0.1, 0.15) is 10.4 Å². The second kappa shape index (κ2) is 5.98. The van der Waals surface area contributed by atoms with E-state index in [1.165, 1.54) is 49.2 Å². The summed E-state index contributed by atoms with van der Waals surface area (Å²) in [7, 11) is 1.50. The molecule has 0 unspecified atom stereocenters. The summed E-state index contributed by atoms with van der Waals surface area (Å²) in [5, 5.41) is 4.79. The number of rotatable bonds is 4. The average Bonchev–Trinajstić information content (AvgIpc) is 3.18. The fourth-order valence-corrected chi connectivity index (χ4v) is 2.60. The summed E-state index contributed by atoms with van der Waals surface area (Å²) >= 11 is 1.24. The molecule has 1 amide bonds. The topological polar surface area (TPSA) is 64.4 Å². The Morgan fingerprint density at radius 3 is 3.00 bits per heavy atom. The first kappa shape index (κ1) is 14.3. The lowest BCUT2D eigenvalue weighted by Crippen LogP contribution is -2.10. The molecule has 0 atom stereocenters. The summed E-state index contributed by atoms with van der Waals surface area (Å²) in [5.74, 6) is -0.187. The van der Waals surface area contributed by atoms with E-state index in [0.29, 0.717) is 27.7 Å². The summed E-state index contributed by atoms with van der Waals surface area (Å²) < 4.78 is 23.5. The molecule has 22 heavy (non-hydrogen) atoms. The predicted molar refractivity (Wildman–Crippen MR) is 80.7 cm³/mol. The van der Waals surface area contributed by atoms with Gasteiger partial charge >= 0.3 is 0 Å². The normalized spacial score (nSPS) is 10.5. The van der Waals surface area contributed by atoms with Crippen LogP contribution in [0.2, 0.25) is 0 Å². The molecule has 2 heterocycles. The van der Waals surface area contributed by atoms with E-state index in [2.05, 4.69) is 10.3 Å². The standard InChI is InChI=1S/C15H11FN2O3S/c1-20-13-3-2-10(16)6-11(13)12-8-22-15(17-12)18-14(19)9-4-5-21-7-9/h2-8H,1H3,(H,17,18,19). The molecule has 112 valence electrons. The molecule has 0 bridgehead atoms. The molecule has 0 fully saturated rings. The summed E-state index contributed by atoms with van der Waals surface area (Å²) in [6.07, 6.45) is 2.76. The molecule has 0 spiro atoms. The minimum atomic E-state index is -0.382. The number of methoxy groups -OCH3 is 1. The summed E-state index contributed by atoms with van der Waals surface area (Å²) in [6.45, 7) is 0. The zero-order chi connectivity index (χ0) is 15.5. The lowest BCUT2D eigenvalue weighted by Gasteiger charge is -2.05. The number of hydrogen-bond donors (Lipinski definition) is 1. The second-order valence-electron chi connectivity index (χ2n) is 4.35. The Hall–Kier alpha value is -2.67. The summed E-state index contributed by atoms with van der Waals surface area (Å²) in [5.41, 5.74) is 1.46. The molecule has 0 saturated heterocycles. The van der Waals surface area contributed by atoms with E-state index in [0.717, 1.165) is 0 Å². The van der Waals surface area contributed by atoms with Crippen molar-refractivity contribution in [3.05, 3.63) is 53.6 Å². The molecule has 0 saturated carbocycles. The molecule has 1 aromatic carbocycles. The van der Waals surface area contributed by atoms with Crippen LogP contribution in [0.25, 0.3) is 11.3 Å². The van der Waals surface area contributed by atoms with E-state index in [9.17, 15) is 9.18 Å². The number of ether oxygens (including phenoxy) is 1. The van der Waals surface area contributed by atoms with Gasteiger partial charge in [0.2, 0.25) is 0 Å². The van der Waals surface area contributed by atoms with E-state index < -0.39 is 0 Å². The molecule has 0 aliphatic rings. The van der Waals surface area contributed by atoms with Gasteiger partial charge < -0.3 is 9.15 Å². The van der Waals surface area contributed by atoms with Crippen molar-refractivity contribution < 1.29 is 18.3 Å². The summed E-state index contributed by atoms with van der Waals surface area (Å²) in [6, 6.07) is 5.75. The van der Waals surface area contributed by atoms with Gasteiger partial charge in [-0.1, -0.05) is 0 Å². The number of nitrogens with zero attached hydrogens (tertiary/aromatic N) is 1. The van der Waals surface area contributed by atoms with Gasteiger partial charge in [0.15, 0.2) is 5.13 Å². The Morgan fingerprint density at radius 2 is 2.27 bits per heavy atom. The maximum Gasteiger partial charge on any atom is 0.260 e. The number of furan rings is 1. The molecule has 7 heteroatoms. The van der Waals surface area contributed by atoms with Crippen LogP contribution >= 0.6 is 11.3 Å². The fraction of sp³-hybridized carbons (Fsp3) is 0.0667. The Labute approximate surface area is 129 Å². The van der Waals surface area contributed by atoms with Crippen LogP contribution in [-0.4, -0.2) is 18.0 Å². The first-order chi connectivity index (χ1) is 10.7. The SMILES string of the molecule is COc1ccc(F)cc1-c1csc(NC(=O)c2ccoc2)n1. The molecule has 5 nitrogen and oxygen atoms in total. The van der Waals surface area contributed by atoms with Crippen LogP contribution in [0.15, 0.2) is 46.6 Å². The quantitative estimate of drug-likeness (QED) is 0.794. The fourth-order valence-electron chi connectivity index (χ4n) is 1.90. The van der Waals surface area contributed by atoms with Gasteiger partial charge in [0, 0.05) is 10.9 Å². The maximum atomic E-state index is 13.4. The number of carbonyl (C=O) groups excluding carboxylic acids is 1. The first-order valence-electron chi connectivity index (χ1n) is 6.30. The van der Waals surface area contributed by atoms with Gasteiger partial charge in [-0.05, 0) is 24.3 Å². The van der Waals surface area contributed by atoms with Gasteiger partial charge in [0.1, 0.15) is 17.8 Å². The minimum absolute atomic E-state index is 0.319.